The van der Waals surface area contributed by atoms with E-state index in [1.54, 1.807) is 0 Å². The highest BCUT2D eigenvalue weighted by Crippen LogP contribution is 2.03. The predicted octanol–water partition coefficient (Wildman–Crippen LogP) is 0.626. The number of imidazole rings is 1. The summed E-state index contributed by atoms with van der Waals surface area (Å²) in [6.07, 6.45) is 1.10. The molecule has 1 heterocycles. The SMILES string of the molecule is [2H]Cc1ncc([N+](=O)[O-])[nH]1. The van der Waals surface area contributed by atoms with E-state index in [9.17, 15) is 10.1 Å². The van der Waals surface area contributed by atoms with Crippen molar-refractivity contribution >= 4 is 5.82 Å². The van der Waals surface area contributed by atoms with E-state index in [1.165, 1.54) is 0 Å². The van der Waals surface area contributed by atoms with Gasteiger partial charge in [0.05, 0.1) is 0 Å². The van der Waals surface area contributed by atoms with Crippen LogP contribution in [0.2, 0.25) is 0 Å². The van der Waals surface area contributed by atoms with Crippen LogP contribution < -0.4 is 0 Å². The zero-order valence-corrected chi connectivity index (χ0v) is 4.50. The van der Waals surface area contributed by atoms with E-state index in [1.807, 2.05) is 0 Å². The Balaban J connectivity index is 2.88. The third-order valence-electron chi connectivity index (χ3n) is 0.812. The van der Waals surface area contributed by atoms with Gasteiger partial charge in [0.15, 0.2) is 5.82 Å². The molecule has 0 bridgehead atoms. The maximum atomic E-state index is 10.0. The Morgan fingerprint density at radius 1 is 2.11 bits per heavy atom. The van der Waals surface area contributed by atoms with Gasteiger partial charge in [0.25, 0.3) is 0 Å². The molecule has 0 unspecified atom stereocenters. The van der Waals surface area contributed by atoms with Gasteiger partial charge in [0, 0.05) is 8.27 Å². The Hall–Kier alpha value is -1.39. The van der Waals surface area contributed by atoms with Crippen LogP contribution in [-0.2, 0) is 0 Å². The predicted molar refractivity (Wildman–Crippen MR) is 30.0 cm³/mol. The lowest BCUT2D eigenvalue weighted by molar-refractivity contribution is -0.389. The lowest BCUT2D eigenvalue weighted by Crippen LogP contribution is -1.86. The molecule has 9 heavy (non-hydrogen) atoms. The topological polar surface area (TPSA) is 71.8 Å². The Kier molecular flexibility index (Phi) is 0.921. The minimum Gasteiger partial charge on any atom is -0.358 e. The number of nitrogens with one attached hydrogen (secondary N) is 1. The summed E-state index contributed by atoms with van der Waals surface area (Å²) >= 11 is 0. The van der Waals surface area contributed by atoms with Crippen LogP contribution >= 0.6 is 0 Å². The maximum Gasteiger partial charge on any atom is 0.340 e. The fourth-order valence-electron chi connectivity index (χ4n) is 0.444. The van der Waals surface area contributed by atoms with E-state index in [-0.39, 0.29) is 12.7 Å². The van der Waals surface area contributed by atoms with Crippen molar-refractivity contribution in [2.24, 2.45) is 0 Å². The number of aromatic nitrogens is 2. The first-order valence-electron chi connectivity index (χ1n) is 2.92. The smallest absolute Gasteiger partial charge is 0.340 e. The fraction of sp³-hybridized carbons (Fsp3) is 0.250. The molecule has 0 aliphatic heterocycles. The molecule has 1 rings (SSSR count). The molecule has 48 valence electrons. The molecule has 1 aromatic heterocycles. The molecule has 0 amide bonds. The van der Waals surface area contributed by atoms with Crippen molar-refractivity contribution in [1.82, 2.24) is 9.97 Å². The number of H-pyrrole nitrogens is 1. The van der Waals surface area contributed by atoms with Gasteiger partial charge in [-0.15, -0.1) is 0 Å². The molecule has 5 nitrogen and oxygen atoms in total. The Morgan fingerprint density at radius 3 is 3.22 bits per heavy atom. The van der Waals surface area contributed by atoms with Crippen LogP contribution in [0.1, 0.15) is 7.20 Å². The molecule has 0 aromatic carbocycles. The van der Waals surface area contributed by atoms with Crippen LogP contribution in [0.15, 0.2) is 6.20 Å². The molecule has 0 aliphatic rings. The first-order chi connectivity index (χ1) is 4.74. The number of aryl methyl sites for hydroxylation is 1. The van der Waals surface area contributed by atoms with Crippen molar-refractivity contribution in [3.8, 4) is 0 Å². The second-order valence-corrected chi connectivity index (χ2v) is 1.47. The summed E-state index contributed by atoms with van der Waals surface area (Å²) in [7, 11) is 0. The maximum absolute atomic E-state index is 10.0. The van der Waals surface area contributed by atoms with Crippen LogP contribution in [0.4, 0.5) is 5.82 Å². The molecule has 0 aliphatic carbocycles. The van der Waals surface area contributed by atoms with E-state index in [4.69, 9.17) is 1.37 Å². The van der Waals surface area contributed by atoms with Crippen molar-refractivity contribution in [2.45, 2.75) is 6.90 Å². The van der Waals surface area contributed by atoms with Gasteiger partial charge in [-0.05, 0) is 4.92 Å². The molecule has 5 heteroatoms. The second-order valence-electron chi connectivity index (χ2n) is 1.47. The van der Waals surface area contributed by atoms with Gasteiger partial charge in [-0.25, -0.2) is 9.97 Å². The van der Waals surface area contributed by atoms with E-state index >= 15 is 0 Å². The summed E-state index contributed by atoms with van der Waals surface area (Å²) in [6, 6.07) is 0. The average molecular weight is 128 g/mol. The number of nitrogens with zero attached hydrogens (tertiary/aromatic N) is 2. The Labute approximate surface area is 52.3 Å². The van der Waals surface area contributed by atoms with Gasteiger partial charge in [0.1, 0.15) is 6.20 Å². The quantitative estimate of drug-likeness (QED) is 0.445. The van der Waals surface area contributed by atoms with Gasteiger partial charge >= 0.3 is 5.82 Å². The highest BCUT2D eigenvalue weighted by molar-refractivity contribution is 5.13. The van der Waals surface area contributed by atoms with E-state index in [2.05, 4.69) is 9.97 Å². The summed E-state index contributed by atoms with van der Waals surface area (Å²) < 4.78 is 6.78. The molecule has 0 saturated heterocycles. The van der Waals surface area contributed by atoms with Gasteiger partial charge in [-0.1, -0.05) is 0 Å². The number of rotatable bonds is 1. The van der Waals surface area contributed by atoms with E-state index in [0.717, 1.165) is 6.20 Å². The first-order valence-corrected chi connectivity index (χ1v) is 2.21. The van der Waals surface area contributed by atoms with Crippen LogP contribution in [-0.4, -0.2) is 14.9 Å². The average Bonchev–Trinajstić information content (AvgIpc) is 2.34. The summed E-state index contributed by atoms with van der Waals surface area (Å²) in [5.41, 5.74) is 0. The van der Waals surface area contributed by atoms with Crippen molar-refractivity contribution in [3.05, 3.63) is 22.1 Å². The molecule has 0 radical (unpaired) electrons. The lowest BCUT2D eigenvalue weighted by atomic mass is 10.7. The number of aromatic amines is 1. The van der Waals surface area contributed by atoms with E-state index in [0.29, 0.717) is 5.82 Å². The molecule has 1 N–H and O–H groups in total. The van der Waals surface area contributed by atoms with Gasteiger partial charge < -0.3 is 10.1 Å². The Bertz CT molecular complexity index is 246. The second kappa shape index (κ2) is 1.85. The standard InChI is InChI=1S/C4H5N3O2/c1-3-5-2-4(6-3)7(8)9/h2H,1H3,(H,5,6)/i1D. The highest BCUT2D eigenvalue weighted by Gasteiger charge is 2.04. The molecule has 0 atom stereocenters. The first kappa shape index (κ1) is 4.49. The zero-order valence-electron chi connectivity index (χ0n) is 5.50. The van der Waals surface area contributed by atoms with Crippen molar-refractivity contribution in [2.75, 3.05) is 0 Å². The highest BCUT2D eigenvalue weighted by atomic mass is 16.6. The molecular weight excluding hydrogens is 122 g/mol. The Morgan fingerprint density at radius 2 is 2.89 bits per heavy atom. The van der Waals surface area contributed by atoms with Crippen LogP contribution in [0.25, 0.3) is 0 Å². The molecule has 1 aromatic rings. The van der Waals surface area contributed by atoms with Gasteiger partial charge in [-0.3, -0.25) is 0 Å². The molecule has 0 spiro atoms. The molecule has 0 saturated carbocycles. The van der Waals surface area contributed by atoms with Crippen molar-refractivity contribution < 1.29 is 6.29 Å². The third-order valence-corrected chi connectivity index (χ3v) is 0.812. The number of hydrogen-bond donors (Lipinski definition) is 1. The molecular formula is C4H5N3O2. The van der Waals surface area contributed by atoms with E-state index < -0.39 is 4.92 Å². The van der Waals surface area contributed by atoms with Crippen LogP contribution in [0.5, 0.6) is 0 Å². The summed E-state index contributed by atoms with van der Waals surface area (Å²) in [4.78, 5) is 15.4. The van der Waals surface area contributed by atoms with Crippen molar-refractivity contribution in [3.63, 3.8) is 0 Å². The summed E-state index contributed by atoms with van der Waals surface area (Å²) in [5.74, 6) is 0.147. The van der Waals surface area contributed by atoms with Gasteiger partial charge in [0.2, 0.25) is 0 Å². The zero-order chi connectivity index (χ0) is 7.56. The van der Waals surface area contributed by atoms with Crippen molar-refractivity contribution in [1.29, 1.82) is 0 Å². The largest absolute Gasteiger partial charge is 0.358 e. The molecule has 0 fully saturated rings. The fourth-order valence-corrected chi connectivity index (χ4v) is 0.444. The summed E-state index contributed by atoms with van der Waals surface area (Å²) in [5, 5.41) is 10.0. The van der Waals surface area contributed by atoms with Crippen LogP contribution in [0, 0.1) is 17.0 Å². The third kappa shape index (κ3) is 1.04. The normalized spacial score (nSPS) is 10.9. The monoisotopic (exact) mass is 128 g/mol. The van der Waals surface area contributed by atoms with Gasteiger partial charge in [-0.2, -0.15) is 0 Å². The minimum absolute atomic E-state index is 0.0617. The number of hydrogen-bond acceptors (Lipinski definition) is 3. The lowest BCUT2D eigenvalue weighted by Gasteiger charge is -1.83. The summed E-state index contributed by atoms with van der Waals surface area (Å²) in [6.45, 7) is -0.0617. The number of nitro groups is 1. The minimum atomic E-state index is -0.577. The van der Waals surface area contributed by atoms with Crippen LogP contribution in [0.3, 0.4) is 0 Å².